The second-order valence-electron chi connectivity index (χ2n) is 6.06. The first-order valence-corrected chi connectivity index (χ1v) is 9.41. The summed E-state index contributed by atoms with van der Waals surface area (Å²) < 4.78 is 0. The number of carbonyl (C=O) groups excluding carboxylic acids is 1. The molecule has 1 N–H and O–H groups in total. The first-order valence-electron chi connectivity index (χ1n) is 8.42. The molecule has 4 nitrogen and oxygen atoms in total. The number of rotatable bonds is 6. The second-order valence-corrected chi connectivity index (χ2v) is 7.23. The van der Waals surface area contributed by atoms with Crippen molar-refractivity contribution in [2.75, 3.05) is 38.5 Å². The first kappa shape index (κ1) is 16.4. The number of benzene rings is 1. The van der Waals surface area contributed by atoms with Gasteiger partial charge in [-0.25, -0.2) is 4.79 Å². The summed E-state index contributed by atoms with van der Waals surface area (Å²) in [6.07, 6.45) is 6.53. The largest absolute Gasteiger partial charge is 0.338 e. The van der Waals surface area contributed by atoms with Gasteiger partial charge in [-0.05, 0) is 30.7 Å². The van der Waals surface area contributed by atoms with E-state index in [1.165, 1.54) is 4.90 Å². The molecule has 0 aromatic heterocycles. The molecule has 1 fully saturated rings. The molecule has 1 saturated heterocycles. The number of likely N-dealkylation sites (tertiary alicyclic amines) is 1. The van der Waals surface area contributed by atoms with Crippen molar-refractivity contribution in [1.82, 2.24) is 15.1 Å². The molecule has 1 aromatic carbocycles. The van der Waals surface area contributed by atoms with Gasteiger partial charge in [0.1, 0.15) is 0 Å². The van der Waals surface area contributed by atoms with Crippen LogP contribution in [-0.2, 0) is 0 Å². The first-order chi connectivity index (χ1) is 11.3. The van der Waals surface area contributed by atoms with E-state index in [-0.39, 0.29) is 6.03 Å². The molecule has 2 heterocycles. The quantitative estimate of drug-likeness (QED) is 0.495. The third kappa shape index (κ3) is 4.75. The standard InChI is InChI=1S/C18H25N3OS/c22-18(19-10-6-14-23-17-7-2-1-3-8-17)21-13-9-16(15-21)20-11-4-5-12-20/h1-5,7-8,16H,6,9-15H2,(H,19,22)/t16-/m1/s1. The fourth-order valence-corrected chi connectivity index (χ4v) is 3.98. The SMILES string of the molecule is O=C(NCCCSc1ccccc1)N1CC[C@@H](N2CC=CC2)C1. The molecule has 2 aliphatic heterocycles. The lowest BCUT2D eigenvalue weighted by Gasteiger charge is -2.23. The van der Waals surface area contributed by atoms with Crippen LogP contribution in [0, 0.1) is 0 Å². The lowest BCUT2D eigenvalue weighted by atomic mass is 10.2. The fourth-order valence-electron chi connectivity index (χ4n) is 3.10. The van der Waals surface area contributed by atoms with E-state index in [9.17, 15) is 4.79 Å². The van der Waals surface area contributed by atoms with Crippen molar-refractivity contribution in [2.45, 2.75) is 23.8 Å². The van der Waals surface area contributed by atoms with E-state index >= 15 is 0 Å². The van der Waals surface area contributed by atoms with Crippen LogP contribution in [0.25, 0.3) is 0 Å². The monoisotopic (exact) mass is 331 g/mol. The number of nitrogens with one attached hydrogen (secondary N) is 1. The van der Waals surface area contributed by atoms with E-state index in [4.69, 9.17) is 0 Å². The molecule has 0 saturated carbocycles. The van der Waals surface area contributed by atoms with Gasteiger partial charge < -0.3 is 10.2 Å². The predicted molar refractivity (Wildman–Crippen MR) is 95.9 cm³/mol. The molecule has 1 atom stereocenters. The van der Waals surface area contributed by atoms with Crippen molar-refractivity contribution in [3.8, 4) is 0 Å². The molecular formula is C18H25N3OS. The van der Waals surface area contributed by atoms with Gasteiger partial charge in [0, 0.05) is 43.7 Å². The molecule has 3 rings (SSSR count). The minimum absolute atomic E-state index is 0.101. The van der Waals surface area contributed by atoms with Crippen LogP contribution in [0.2, 0.25) is 0 Å². The van der Waals surface area contributed by atoms with E-state index in [0.717, 1.165) is 51.3 Å². The second kappa shape index (κ2) is 8.41. The Labute approximate surface area is 142 Å². The molecule has 1 aromatic rings. The van der Waals surface area contributed by atoms with E-state index in [0.29, 0.717) is 6.04 Å². The van der Waals surface area contributed by atoms with Crippen LogP contribution in [0.15, 0.2) is 47.4 Å². The summed E-state index contributed by atoms with van der Waals surface area (Å²) in [7, 11) is 0. The highest BCUT2D eigenvalue weighted by Gasteiger charge is 2.30. The number of thioether (sulfide) groups is 1. The maximum absolute atomic E-state index is 12.2. The Kier molecular flexibility index (Phi) is 6.00. The number of urea groups is 1. The Balaban J connectivity index is 1.29. The Morgan fingerprint density at radius 3 is 2.78 bits per heavy atom. The van der Waals surface area contributed by atoms with Crippen LogP contribution >= 0.6 is 11.8 Å². The van der Waals surface area contributed by atoms with E-state index in [1.54, 1.807) is 0 Å². The average Bonchev–Trinajstić information content (AvgIpc) is 3.26. The van der Waals surface area contributed by atoms with E-state index < -0.39 is 0 Å². The minimum atomic E-state index is 0.101. The zero-order chi connectivity index (χ0) is 15.9. The Hall–Kier alpha value is -1.46. The number of hydrogen-bond acceptors (Lipinski definition) is 3. The number of nitrogens with zero attached hydrogens (tertiary/aromatic N) is 2. The third-order valence-corrected chi connectivity index (χ3v) is 5.52. The summed E-state index contributed by atoms with van der Waals surface area (Å²) in [5, 5.41) is 3.06. The van der Waals surface area contributed by atoms with Crippen molar-refractivity contribution in [2.24, 2.45) is 0 Å². The Bertz CT molecular complexity index is 526. The third-order valence-electron chi connectivity index (χ3n) is 4.42. The number of amides is 2. The van der Waals surface area contributed by atoms with Crippen molar-refractivity contribution >= 4 is 17.8 Å². The van der Waals surface area contributed by atoms with Crippen LogP contribution in [0.4, 0.5) is 4.79 Å². The van der Waals surface area contributed by atoms with Crippen LogP contribution < -0.4 is 5.32 Å². The van der Waals surface area contributed by atoms with Gasteiger partial charge in [-0.1, -0.05) is 30.4 Å². The number of hydrogen-bond donors (Lipinski definition) is 1. The maximum Gasteiger partial charge on any atom is 0.317 e. The van der Waals surface area contributed by atoms with Crippen LogP contribution in [0.5, 0.6) is 0 Å². The summed E-state index contributed by atoms with van der Waals surface area (Å²) >= 11 is 1.84. The van der Waals surface area contributed by atoms with Crippen LogP contribution in [0.1, 0.15) is 12.8 Å². The van der Waals surface area contributed by atoms with Gasteiger partial charge in [0.2, 0.25) is 0 Å². The normalized spacial score (nSPS) is 21.0. The molecule has 5 heteroatoms. The Morgan fingerprint density at radius 1 is 1.22 bits per heavy atom. The van der Waals surface area contributed by atoms with Crippen molar-refractivity contribution < 1.29 is 4.79 Å². The zero-order valence-electron chi connectivity index (χ0n) is 13.5. The minimum Gasteiger partial charge on any atom is -0.338 e. The van der Waals surface area contributed by atoms with Gasteiger partial charge in [-0.3, -0.25) is 4.90 Å². The molecule has 2 aliphatic rings. The summed E-state index contributed by atoms with van der Waals surface area (Å²) in [4.78, 5) is 17.9. The molecule has 0 radical (unpaired) electrons. The maximum atomic E-state index is 12.2. The van der Waals surface area contributed by atoms with Gasteiger partial charge >= 0.3 is 6.03 Å². The van der Waals surface area contributed by atoms with Crippen LogP contribution in [-0.4, -0.2) is 60.3 Å². The highest BCUT2D eigenvalue weighted by atomic mass is 32.2. The fraction of sp³-hybridized carbons (Fsp3) is 0.500. The number of carbonyl (C=O) groups is 1. The van der Waals surface area contributed by atoms with Crippen molar-refractivity contribution in [3.63, 3.8) is 0 Å². The molecule has 0 spiro atoms. The molecular weight excluding hydrogens is 306 g/mol. The molecule has 124 valence electrons. The van der Waals surface area contributed by atoms with E-state index in [1.807, 2.05) is 22.7 Å². The molecule has 0 bridgehead atoms. The van der Waals surface area contributed by atoms with Gasteiger partial charge in [0.05, 0.1) is 0 Å². The lowest BCUT2D eigenvalue weighted by molar-refractivity contribution is 0.200. The molecule has 0 aliphatic carbocycles. The van der Waals surface area contributed by atoms with Gasteiger partial charge in [0.25, 0.3) is 0 Å². The Morgan fingerprint density at radius 2 is 2.00 bits per heavy atom. The van der Waals surface area contributed by atoms with Gasteiger partial charge in [-0.15, -0.1) is 11.8 Å². The van der Waals surface area contributed by atoms with Crippen molar-refractivity contribution in [1.29, 1.82) is 0 Å². The highest BCUT2D eigenvalue weighted by Crippen LogP contribution is 2.18. The van der Waals surface area contributed by atoms with Crippen LogP contribution in [0.3, 0.4) is 0 Å². The summed E-state index contributed by atoms with van der Waals surface area (Å²) in [6.45, 7) is 4.58. The highest BCUT2D eigenvalue weighted by molar-refractivity contribution is 7.99. The van der Waals surface area contributed by atoms with Gasteiger partial charge in [-0.2, -0.15) is 0 Å². The molecule has 0 unspecified atom stereocenters. The van der Waals surface area contributed by atoms with Gasteiger partial charge in [0.15, 0.2) is 0 Å². The molecule has 23 heavy (non-hydrogen) atoms. The zero-order valence-corrected chi connectivity index (χ0v) is 14.3. The average molecular weight is 331 g/mol. The summed E-state index contributed by atoms with van der Waals surface area (Å²) in [5.41, 5.74) is 0. The van der Waals surface area contributed by atoms with Crippen molar-refractivity contribution in [3.05, 3.63) is 42.5 Å². The predicted octanol–water partition coefficient (Wildman–Crippen LogP) is 2.82. The topological polar surface area (TPSA) is 35.6 Å². The molecule has 2 amide bonds. The summed E-state index contributed by atoms with van der Waals surface area (Å²) in [5.74, 6) is 1.03. The van der Waals surface area contributed by atoms with E-state index in [2.05, 4.69) is 46.6 Å². The lowest BCUT2D eigenvalue weighted by Crippen LogP contribution is -2.42. The summed E-state index contributed by atoms with van der Waals surface area (Å²) in [6, 6.07) is 11.0. The smallest absolute Gasteiger partial charge is 0.317 e.